The summed E-state index contributed by atoms with van der Waals surface area (Å²) < 4.78 is 16.7. The van der Waals surface area contributed by atoms with Crippen LogP contribution in [0.4, 0.5) is 22.9 Å². The highest BCUT2D eigenvalue weighted by atomic mass is 31.2. The summed E-state index contributed by atoms with van der Waals surface area (Å²) in [7, 11) is -5.16. The highest BCUT2D eigenvalue weighted by molar-refractivity contribution is 7.44. The van der Waals surface area contributed by atoms with Gasteiger partial charge in [-0.1, -0.05) is 13.8 Å². The highest BCUT2D eigenvalue weighted by Crippen LogP contribution is 2.51. The molecule has 2 aliphatic rings. The molecular weight excluding hydrogens is 495 g/mol. The summed E-state index contributed by atoms with van der Waals surface area (Å²) in [4.78, 5) is 51.0. The Bertz CT molecular complexity index is 1410. The van der Waals surface area contributed by atoms with Crippen LogP contribution in [0.25, 0.3) is 0 Å². The second kappa shape index (κ2) is 9.03. The molecule has 0 amide bonds. The summed E-state index contributed by atoms with van der Waals surface area (Å²) in [6.45, 7) is 6.68. The normalized spacial score (nSPS) is 20.0. The van der Waals surface area contributed by atoms with Gasteiger partial charge in [0, 0.05) is 17.4 Å². The number of phosphoric acid groups is 1. The Balaban J connectivity index is 1.84. The molecule has 0 saturated carbocycles. The molecule has 1 aromatic heterocycles. The number of H-pyrrole nitrogens is 2. The van der Waals surface area contributed by atoms with Crippen molar-refractivity contribution in [2.75, 3.05) is 18.1 Å². The number of aliphatic hydroxyl groups is 3. The van der Waals surface area contributed by atoms with Gasteiger partial charge in [0.25, 0.3) is 7.82 Å². The van der Waals surface area contributed by atoms with Crippen LogP contribution in [0.5, 0.6) is 0 Å². The Kier molecular flexibility index (Phi) is 6.63. The number of aromatic nitrogens is 2. The van der Waals surface area contributed by atoms with Crippen LogP contribution in [0.2, 0.25) is 0 Å². The van der Waals surface area contributed by atoms with E-state index in [2.05, 4.69) is 28.3 Å². The predicted molar refractivity (Wildman–Crippen MR) is 130 cm³/mol. The van der Waals surface area contributed by atoms with Crippen LogP contribution in [0.15, 0.2) is 15.7 Å². The maximum atomic E-state index is 13.0. The number of benzene rings is 1. The van der Waals surface area contributed by atoms with Crippen LogP contribution >= 0.6 is 7.82 Å². The predicted octanol–water partition coefficient (Wildman–Crippen LogP) is -0.722. The number of fused-ring (bicyclic) bond motifs is 2. The lowest BCUT2D eigenvalue weighted by molar-refractivity contribution is -0.223. The van der Waals surface area contributed by atoms with Gasteiger partial charge in [-0.2, -0.15) is 4.58 Å². The number of anilines is 2. The number of nitrogens with one attached hydrogen (secondary N) is 2. The fraction of sp³-hybridized carbons (Fsp3) is 0.500. The van der Waals surface area contributed by atoms with E-state index in [-0.39, 0.29) is 23.5 Å². The standard InChI is InChI=1S/C22H29N4O9P/c1-10-7-12-16-15(11(10)2)22(3,4)5-6-25(16)17-19(23-21(31)24-20(17)30)26(12)8-13(27)18(29)14(28)9-35-36(32,33)34/h6-7,13-14,18,27-29H,5,8-9H2,1-4H3,(H3-,23,24,30,31,32,33,34)/t13-,14+,18-/m0/s1. The molecule has 0 fully saturated rings. The van der Waals surface area contributed by atoms with E-state index in [0.717, 1.165) is 16.7 Å². The minimum atomic E-state index is -5.16. The molecule has 14 heteroatoms. The van der Waals surface area contributed by atoms with E-state index in [4.69, 9.17) is 4.89 Å². The van der Waals surface area contributed by atoms with Gasteiger partial charge in [0.2, 0.25) is 5.69 Å². The molecule has 0 spiro atoms. The van der Waals surface area contributed by atoms with Gasteiger partial charge in [-0.15, -0.1) is 0 Å². The number of aliphatic hydroxyl groups excluding tert-OH is 3. The van der Waals surface area contributed by atoms with E-state index in [1.165, 1.54) is 4.90 Å². The number of rotatable bonds is 7. The van der Waals surface area contributed by atoms with E-state index < -0.39 is 44.0 Å². The third kappa shape index (κ3) is 4.59. The van der Waals surface area contributed by atoms with Crippen LogP contribution in [0.1, 0.15) is 37.0 Å². The van der Waals surface area contributed by atoms with E-state index >= 15 is 0 Å². The van der Waals surface area contributed by atoms with Crippen LogP contribution < -0.4 is 25.6 Å². The van der Waals surface area contributed by atoms with Crippen molar-refractivity contribution in [1.82, 2.24) is 14.5 Å². The van der Waals surface area contributed by atoms with E-state index in [1.54, 1.807) is 4.58 Å². The molecule has 4 atom stereocenters. The molecule has 4 rings (SSSR count). The molecule has 0 aliphatic carbocycles. The van der Waals surface area contributed by atoms with E-state index in [9.17, 15) is 34.4 Å². The first-order valence-electron chi connectivity index (χ1n) is 11.3. The molecule has 2 aromatic rings. The van der Waals surface area contributed by atoms with E-state index in [0.29, 0.717) is 17.8 Å². The zero-order valence-electron chi connectivity index (χ0n) is 20.2. The number of nitrogens with zero attached hydrogens (tertiary/aromatic N) is 2. The summed E-state index contributed by atoms with van der Waals surface area (Å²) in [6.07, 6.45) is -2.96. The Morgan fingerprint density at radius 3 is 2.50 bits per heavy atom. The maximum absolute atomic E-state index is 13.0. The third-order valence-electron chi connectivity index (χ3n) is 6.77. The molecule has 1 aromatic carbocycles. The molecule has 2 aliphatic heterocycles. The first-order chi connectivity index (χ1) is 16.6. The van der Waals surface area contributed by atoms with Crippen molar-refractivity contribution in [2.24, 2.45) is 0 Å². The van der Waals surface area contributed by atoms with Gasteiger partial charge in [0.1, 0.15) is 24.0 Å². The summed E-state index contributed by atoms with van der Waals surface area (Å²) in [5, 5.41) is 31.3. The number of aryl methyl sites for hydroxylation is 1. The maximum Gasteiger partial charge on any atom is 0.328 e. The Morgan fingerprint density at radius 1 is 1.19 bits per heavy atom. The fourth-order valence-electron chi connectivity index (χ4n) is 4.90. The van der Waals surface area contributed by atoms with Crippen molar-refractivity contribution in [1.29, 1.82) is 0 Å². The number of aromatic amines is 2. The molecule has 3 heterocycles. The molecule has 36 heavy (non-hydrogen) atoms. The highest BCUT2D eigenvalue weighted by Gasteiger charge is 2.46. The third-order valence-corrected chi connectivity index (χ3v) is 7.24. The second-order valence-corrected chi connectivity index (χ2v) is 11.0. The fourth-order valence-corrected chi connectivity index (χ4v) is 5.24. The number of β-amino-alcohol motifs (C(OH)–C–C–N with tert-alkyl or cyclic N) is 1. The average molecular weight is 524 g/mol. The van der Waals surface area contributed by atoms with Crippen LogP contribution in [-0.2, 0) is 14.5 Å². The molecule has 196 valence electrons. The largest absolute Gasteiger partial charge is 0.756 e. The minimum Gasteiger partial charge on any atom is -0.756 e. The summed E-state index contributed by atoms with van der Waals surface area (Å²) >= 11 is 0. The van der Waals surface area contributed by atoms with E-state index in [1.807, 2.05) is 26.1 Å². The number of phosphoric ester groups is 1. The van der Waals surface area contributed by atoms with Gasteiger partial charge in [-0.05, 0) is 31.0 Å². The van der Waals surface area contributed by atoms with Crippen LogP contribution in [-0.4, -0.2) is 67.9 Å². The number of hydrogen-bond acceptors (Lipinski definition) is 9. The summed E-state index contributed by atoms with van der Waals surface area (Å²) in [6, 6.07) is 1.84. The van der Waals surface area contributed by atoms with Crippen molar-refractivity contribution in [3.8, 4) is 0 Å². The topological polar surface area (TPSA) is 202 Å². The average Bonchev–Trinajstić information content (AvgIpc) is 2.76. The van der Waals surface area contributed by atoms with Crippen molar-refractivity contribution in [3.63, 3.8) is 0 Å². The van der Waals surface area contributed by atoms with Gasteiger partial charge in [-0.3, -0.25) is 19.3 Å². The number of hydrogen-bond donors (Lipinski definition) is 6. The van der Waals surface area contributed by atoms with Crippen molar-refractivity contribution in [3.05, 3.63) is 43.6 Å². The van der Waals surface area contributed by atoms with Crippen molar-refractivity contribution < 1.29 is 34.2 Å². The first kappa shape index (κ1) is 26.4. The lowest BCUT2D eigenvalue weighted by Crippen LogP contribution is -2.47. The molecule has 1 unspecified atom stereocenters. The Morgan fingerprint density at radius 2 is 1.86 bits per heavy atom. The zero-order chi connectivity index (χ0) is 26.7. The zero-order valence-corrected chi connectivity index (χ0v) is 21.1. The summed E-state index contributed by atoms with van der Waals surface area (Å²) in [5.41, 5.74) is 2.60. The molecule has 0 saturated heterocycles. The smallest absolute Gasteiger partial charge is 0.328 e. The van der Waals surface area contributed by atoms with Gasteiger partial charge in [0.05, 0.1) is 13.2 Å². The second-order valence-electron chi connectivity index (χ2n) is 9.81. The van der Waals surface area contributed by atoms with Crippen molar-refractivity contribution in [2.45, 2.75) is 57.8 Å². The van der Waals surface area contributed by atoms with Crippen LogP contribution in [0.3, 0.4) is 0 Å². The molecule has 6 N–H and O–H groups in total. The van der Waals surface area contributed by atoms with Gasteiger partial charge < -0.3 is 34.5 Å². The molecule has 13 nitrogen and oxygen atoms in total. The Labute approximate surface area is 205 Å². The lowest BCUT2D eigenvalue weighted by Gasteiger charge is -2.38. The summed E-state index contributed by atoms with van der Waals surface area (Å²) in [5.74, 6) is 0.0813. The molecule has 0 radical (unpaired) electrons. The first-order valence-corrected chi connectivity index (χ1v) is 12.8. The van der Waals surface area contributed by atoms with Gasteiger partial charge in [0.15, 0.2) is 12.0 Å². The monoisotopic (exact) mass is 524 g/mol. The molecule has 0 bridgehead atoms. The quantitative estimate of drug-likeness (QED) is 0.198. The van der Waals surface area contributed by atoms with Gasteiger partial charge >= 0.3 is 16.9 Å². The minimum absolute atomic E-state index is 0.0813. The lowest BCUT2D eigenvalue weighted by atomic mass is 9.75. The van der Waals surface area contributed by atoms with Crippen molar-refractivity contribution >= 4 is 36.9 Å². The van der Waals surface area contributed by atoms with Gasteiger partial charge in [-0.25, -0.2) is 4.79 Å². The molecular formula is C22H29N4O9P. The Hall–Kier alpha value is -2.64. The van der Waals surface area contributed by atoms with Crippen LogP contribution in [0, 0.1) is 13.8 Å². The SMILES string of the molecule is Cc1cc2c3c(c1C)C(C)(C)CC=[N+]3c1c([nH]c(=O)[nH]c1=O)N2C[C@H](O)[C@H](O)[C@H](O)COP(=O)([O-])O.